The van der Waals surface area contributed by atoms with Gasteiger partial charge in [-0.25, -0.2) is 9.80 Å². The first-order chi connectivity index (χ1) is 13.9. The molecule has 2 aromatic carbocycles. The number of anilines is 1. The molecule has 0 spiro atoms. The number of nitriles is 1. The van der Waals surface area contributed by atoms with Gasteiger partial charge in [-0.2, -0.15) is 10.4 Å². The largest absolute Gasteiger partial charge is 0.478 e. The Morgan fingerprint density at radius 1 is 1.24 bits per heavy atom. The molecule has 0 fully saturated rings. The zero-order valence-corrected chi connectivity index (χ0v) is 16.4. The molecule has 0 saturated carbocycles. The lowest BCUT2D eigenvalue weighted by Gasteiger charge is -2.15. The number of carboxylic acid groups (broad SMARTS) is 1. The van der Waals surface area contributed by atoms with Crippen LogP contribution in [-0.2, 0) is 9.59 Å². The van der Waals surface area contributed by atoms with Gasteiger partial charge in [-0.3, -0.25) is 4.79 Å². The molecule has 2 aromatic rings. The van der Waals surface area contributed by atoms with Gasteiger partial charge < -0.3 is 5.11 Å². The Balaban J connectivity index is 1.87. The van der Waals surface area contributed by atoms with E-state index in [4.69, 9.17) is 16.9 Å². The number of rotatable bonds is 6. The molecule has 3 rings (SSSR count). The second kappa shape index (κ2) is 8.72. The standard InChI is InChI=1S/C22H18ClN3O3/c1-2-20-19(21(27)26(25-20)18-9-7-17(23)8-10-18)12-16(22(28)29)11-14-3-5-15(13-24)6-4-14/h3-11,19H,2,12H2,1H3,(H,28,29). The molecule has 7 heteroatoms. The summed E-state index contributed by atoms with van der Waals surface area (Å²) in [6.45, 7) is 1.88. The summed E-state index contributed by atoms with van der Waals surface area (Å²) in [5.74, 6) is -2.00. The minimum absolute atomic E-state index is 0.0327. The molecule has 1 aliphatic rings. The molecule has 1 atom stereocenters. The molecule has 1 heterocycles. The molecule has 1 N–H and O–H groups in total. The van der Waals surface area contributed by atoms with E-state index in [-0.39, 0.29) is 17.9 Å². The number of hydrogen-bond donors (Lipinski definition) is 1. The van der Waals surface area contributed by atoms with E-state index < -0.39 is 11.9 Å². The van der Waals surface area contributed by atoms with Crippen LogP contribution in [0, 0.1) is 17.2 Å². The third kappa shape index (κ3) is 4.53. The molecule has 6 nitrogen and oxygen atoms in total. The highest BCUT2D eigenvalue weighted by Crippen LogP contribution is 2.30. The van der Waals surface area contributed by atoms with Crippen molar-refractivity contribution in [2.45, 2.75) is 19.8 Å². The molecule has 0 radical (unpaired) electrons. The van der Waals surface area contributed by atoms with Crippen molar-refractivity contribution in [3.63, 3.8) is 0 Å². The number of halogens is 1. The van der Waals surface area contributed by atoms with Gasteiger partial charge in [0.05, 0.1) is 28.9 Å². The smallest absolute Gasteiger partial charge is 0.331 e. The Kier molecular flexibility index (Phi) is 6.10. The summed E-state index contributed by atoms with van der Waals surface area (Å²) in [6.07, 6.45) is 2.09. The second-order valence-electron chi connectivity index (χ2n) is 6.54. The first-order valence-electron chi connectivity index (χ1n) is 9.04. The third-order valence-corrected chi connectivity index (χ3v) is 4.90. The Morgan fingerprint density at radius 2 is 1.90 bits per heavy atom. The van der Waals surface area contributed by atoms with Crippen LogP contribution in [0.4, 0.5) is 5.69 Å². The quantitative estimate of drug-likeness (QED) is 0.713. The zero-order chi connectivity index (χ0) is 21.0. The summed E-state index contributed by atoms with van der Waals surface area (Å²) in [6, 6.07) is 15.3. The minimum atomic E-state index is -1.09. The molecule has 0 bridgehead atoms. The average Bonchev–Trinajstić information content (AvgIpc) is 3.04. The van der Waals surface area contributed by atoms with Gasteiger partial charge in [0.25, 0.3) is 5.91 Å². The van der Waals surface area contributed by atoms with E-state index in [0.29, 0.717) is 34.0 Å². The van der Waals surface area contributed by atoms with Crippen LogP contribution in [0.25, 0.3) is 6.08 Å². The topological polar surface area (TPSA) is 93.8 Å². The van der Waals surface area contributed by atoms with Gasteiger partial charge in [-0.05, 0) is 60.9 Å². The van der Waals surface area contributed by atoms with Crippen molar-refractivity contribution in [1.29, 1.82) is 5.26 Å². The summed E-state index contributed by atoms with van der Waals surface area (Å²) in [4.78, 5) is 24.8. The van der Waals surface area contributed by atoms with Crippen LogP contribution in [0.1, 0.15) is 30.9 Å². The number of carboxylic acids is 1. The number of hydrazone groups is 1. The Morgan fingerprint density at radius 3 is 2.45 bits per heavy atom. The van der Waals surface area contributed by atoms with Crippen molar-refractivity contribution in [2.75, 3.05) is 5.01 Å². The predicted molar refractivity (Wildman–Crippen MR) is 112 cm³/mol. The van der Waals surface area contributed by atoms with Crippen molar-refractivity contribution in [3.05, 3.63) is 70.3 Å². The normalized spacial score (nSPS) is 16.5. The summed E-state index contributed by atoms with van der Waals surface area (Å²) in [5.41, 5.74) is 2.46. The van der Waals surface area contributed by atoms with E-state index in [2.05, 4.69) is 5.10 Å². The number of benzene rings is 2. The molecule has 29 heavy (non-hydrogen) atoms. The molecule has 1 unspecified atom stereocenters. The fourth-order valence-electron chi connectivity index (χ4n) is 3.11. The molecular formula is C22H18ClN3O3. The van der Waals surface area contributed by atoms with Crippen LogP contribution in [0.3, 0.4) is 0 Å². The summed E-state index contributed by atoms with van der Waals surface area (Å²) in [5, 5.41) is 24.8. The van der Waals surface area contributed by atoms with E-state index in [0.717, 1.165) is 0 Å². The predicted octanol–water partition coefficient (Wildman–Crippen LogP) is 4.50. The summed E-state index contributed by atoms with van der Waals surface area (Å²) < 4.78 is 0. The van der Waals surface area contributed by atoms with Crippen molar-refractivity contribution in [1.82, 2.24) is 0 Å². The number of carbonyl (C=O) groups excluding carboxylic acids is 1. The molecule has 0 saturated heterocycles. The van der Waals surface area contributed by atoms with Crippen LogP contribution in [0.5, 0.6) is 0 Å². The van der Waals surface area contributed by atoms with Gasteiger partial charge in [0, 0.05) is 10.6 Å². The van der Waals surface area contributed by atoms with Crippen molar-refractivity contribution < 1.29 is 14.7 Å². The van der Waals surface area contributed by atoms with E-state index >= 15 is 0 Å². The maximum Gasteiger partial charge on any atom is 0.331 e. The number of carbonyl (C=O) groups is 2. The van der Waals surface area contributed by atoms with Crippen LogP contribution in [0.2, 0.25) is 5.02 Å². The fraction of sp³-hybridized carbons (Fsp3) is 0.182. The number of nitrogens with zero attached hydrogens (tertiary/aromatic N) is 3. The number of hydrogen-bond acceptors (Lipinski definition) is 4. The lowest BCUT2D eigenvalue weighted by molar-refractivity contribution is -0.132. The van der Waals surface area contributed by atoms with Gasteiger partial charge in [0.15, 0.2) is 0 Å². The van der Waals surface area contributed by atoms with Crippen molar-refractivity contribution >= 4 is 41.0 Å². The highest BCUT2D eigenvalue weighted by Gasteiger charge is 2.37. The summed E-state index contributed by atoms with van der Waals surface area (Å²) >= 11 is 5.91. The van der Waals surface area contributed by atoms with Gasteiger partial charge in [-0.15, -0.1) is 0 Å². The van der Waals surface area contributed by atoms with Crippen molar-refractivity contribution in [3.8, 4) is 6.07 Å². The molecule has 1 aliphatic heterocycles. The lowest BCUT2D eigenvalue weighted by atomic mass is 9.92. The highest BCUT2D eigenvalue weighted by atomic mass is 35.5. The first-order valence-corrected chi connectivity index (χ1v) is 9.41. The monoisotopic (exact) mass is 407 g/mol. The van der Waals surface area contributed by atoms with Gasteiger partial charge >= 0.3 is 5.97 Å². The maximum absolute atomic E-state index is 13.0. The fourth-order valence-corrected chi connectivity index (χ4v) is 3.24. The Labute approximate surface area is 173 Å². The zero-order valence-electron chi connectivity index (χ0n) is 15.7. The Bertz CT molecular complexity index is 1030. The van der Waals surface area contributed by atoms with E-state index in [9.17, 15) is 14.7 Å². The maximum atomic E-state index is 13.0. The highest BCUT2D eigenvalue weighted by molar-refractivity contribution is 6.30. The number of aliphatic carboxylic acids is 1. The van der Waals surface area contributed by atoms with Gasteiger partial charge in [0.1, 0.15) is 0 Å². The van der Waals surface area contributed by atoms with Gasteiger partial charge in [0.2, 0.25) is 0 Å². The van der Waals surface area contributed by atoms with E-state index in [1.807, 2.05) is 13.0 Å². The van der Waals surface area contributed by atoms with Crippen LogP contribution in [-0.4, -0.2) is 22.7 Å². The van der Waals surface area contributed by atoms with Crippen LogP contribution >= 0.6 is 11.6 Å². The van der Waals surface area contributed by atoms with Crippen LogP contribution < -0.4 is 5.01 Å². The van der Waals surface area contributed by atoms with E-state index in [1.165, 1.54) is 11.1 Å². The lowest BCUT2D eigenvalue weighted by Crippen LogP contribution is -2.28. The minimum Gasteiger partial charge on any atom is -0.478 e. The van der Waals surface area contributed by atoms with E-state index in [1.54, 1.807) is 48.5 Å². The summed E-state index contributed by atoms with van der Waals surface area (Å²) in [7, 11) is 0. The molecule has 0 aliphatic carbocycles. The molecule has 1 amide bonds. The molecule has 146 valence electrons. The SMILES string of the molecule is CCC1=NN(c2ccc(Cl)cc2)C(=O)C1CC(=Cc1ccc(C#N)cc1)C(=O)O. The third-order valence-electron chi connectivity index (χ3n) is 4.65. The number of amides is 1. The Hall–Kier alpha value is -3.43. The molecule has 0 aromatic heterocycles. The van der Waals surface area contributed by atoms with Gasteiger partial charge in [-0.1, -0.05) is 30.7 Å². The second-order valence-corrected chi connectivity index (χ2v) is 6.97. The van der Waals surface area contributed by atoms with Crippen molar-refractivity contribution in [2.24, 2.45) is 11.0 Å². The average molecular weight is 408 g/mol. The first kappa shape index (κ1) is 20.3. The van der Waals surface area contributed by atoms with Crippen LogP contribution in [0.15, 0.2) is 59.2 Å². The molecular weight excluding hydrogens is 390 g/mol.